The molecule has 0 fully saturated rings. The number of nitrogens with one attached hydrogen (secondary N) is 3. The molecule has 10 nitrogen and oxygen atoms in total. The van der Waals surface area contributed by atoms with E-state index in [1.807, 2.05) is 0 Å². The average molecular weight is 572 g/mol. The minimum absolute atomic E-state index is 0. The largest absolute Gasteiger partial charge is 0.450 e. The van der Waals surface area contributed by atoms with Gasteiger partial charge in [0.15, 0.2) is 0 Å². The first-order valence-electron chi connectivity index (χ1n) is 12.7. The van der Waals surface area contributed by atoms with Crippen molar-refractivity contribution in [1.29, 1.82) is 0 Å². The summed E-state index contributed by atoms with van der Waals surface area (Å²) >= 11 is 0. The molecule has 0 aromatic heterocycles. The molecule has 37 heavy (non-hydrogen) atoms. The number of ether oxygens (including phenoxy) is 5. The van der Waals surface area contributed by atoms with E-state index in [9.17, 15) is 9.59 Å². The lowest BCUT2D eigenvalue weighted by Crippen LogP contribution is -2.30. The number of hydrogen-bond acceptors (Lipinski definition) is 10. The number of amides is 2. The van der Waals surface area contributed by atoms with Crippen molar-refractivity contribution in [2.45, 2.75) is 64.7 Å². The highest BCUT2D eigenvalue weighted by Crippen LogP contribution is 2.37. The first-order chi connectivity index (χ1) is 17.8. The van der Waals surface area contributed by atoms with E-state index in [0.717, 1.165) is 25.8 Å². The van der Waals surface area contributed by atoms with Crippen molar-refractivity contribution in [3.05, 3.63) is 0 Å². The molecule has 0 heterocycles. The molecule has 0 aliphatic rings. The van der Waals surface area contributed by atoms with Gasteiger partial charge in [-0.15, -0.1) is 5.92 Å². The summed E-state index contributed by atoms with van der Waals surface area (Å²) in [4.78, 5) is 23.2. The van der Waals surface area contributed by atoms with Gasteiger partial charge >= 0.3 is 12.2 Å². The molecule has 0 radical (unpaired) electrons. The van der Waals surface area contributed by atoms with Gasteiger partial charge in [0.1, 0.15) is 5.94 Å². The van der Waals surface area contributed by atoms with E-state index in [2.05, 4.69) is 55.5 Å². The van der Waals surface area contributed by atoms with Gasteiger partial charge in [-0.25, -0.2) is 9.59 Å². The molecule has 12 heteroatoms. The van der Waals surface area contributed by atoms with E-state index in [1.54, 1.807) is 28.5 Å². The van der Waals surface area contributed by atoms with Crippen LogP contribution in [0.25, 0.3) is 0 Å². The number of alkyl carbamates (subject to hydrolysis) is 2. The van der Waals surface area contributed by atoms with Crippen molar-refractivity contribution in [1.82, 2.24) is 16.0 Å². The minimum Gasteiger partial charge on any atom is -0.450 e. The Morgan fingerprint density at radius 2 is 1.51 bits per heavy atom. The normalized spacial score (nSPS) is 11.1. The molecule has 0 saturated carbocycles. The molecule has 0 bridgehead atoms. The number of unbranched alkanes of at least 4 members (excludes halogenated alkanes) is 1. The second kappa shape index (κ2) is 24.9. The van der Waals surface area contributed by atoms with Crippen molar-refractivity contribution in [2.75, 3.05) is 71.8 Å². The molecule has 0 aliphatic heterocycles. The summed E-state index contributed by atoms with van der Waals surface area (Å²) < 4.78 is 26.7. The van der Waals surface area contributed by atoms with Crippen LogP contribution in [0.1, 0.15) is 58.2 Å². The van der Waals surface area contributed by atoms with Crippen molar-refractivity contribution in [3.63, 3.8) is 0 Å². The maximum absolute atomic E-state index is 11.8. The molecule has 0 rings (SSSR count). The fourth-order valence-corrected chi connectivity index (χ4v) is 4.73. The van der Waals surface area contributed by atoms with Crippen molar-refractivity contribution >= 4 is 33.8 Å². The molecule has 0 aliphatic carbocycles. The highest BCUT2D eigenvalue weighted by molar-refractivity contribution is 8.77. The molecular weight excluding hydrogens is 518 g/mol. The number of hydrogen-bond donors (Lipinski definition) is 3. The molecular formula is C25H53N3O7S2. The topological polar surface area (TPSA) is 116 Å². The van der Waals surface area contributed by atoms with E-state index in [0.29, 0.717) is 71.3 Å². The van der Waals surface area contributed by atoms with Crippen LogP contribution in [-0.4, -0.2) is 94.8 Å². The first-order valence-corrected chi connectivity index (χ1v) is 15.1. The van der Waals surface area contributed by atoms with Gasteiger partial charge in [-0.2, -0.15) is 0 Å². The number of carbonyl (C=O) groups excluding carboxylic acids is 2. The van der Waals surface area contributed by atoms with Gasteiger partial charge in [-0.05, 0) is 40.0 Å². The molecule has 2 amide bonds. The Labute approximate surface area is 235 Å². The van der Waals surface area contributed by atoms with Crippen molar-refractivity contribution in [3.8, 4) is 11.8 Å². The maximum Gasteiger partial charge on any atom is 0.407 e. The lowest BCUT2D eigenvalue weighted by molar-refractivity contribution is 0.0489. The lowest BCUT2D eigenvalue weighted by Gasteiger charge is -2.22. The van der Waals surface area contributed by atoms with Crippen LogP contribution in [0.4, 0.5) is 9.59 Å². The van der Waals surface area contributed by atoms with E-state index < -0.39 is 12.2 Å². The molecule has 0 aromatic carbocycles. The third-order valence-corrected chi connectivity index (χ3v) is 7.49. The van der Waals surface area contributed by atoms with Gasteiger partial charge in [-0.3, -0.25) is 0 Å². The Morgan fingerprint density at radius 3 is 2.22 bits per heavy atom. The zero-order valence-corrected chi connectivity index (χ0v) is 24.8. The first kappa shape index (κ1) is 35.6. The fraction of sp³-hybridized carbons (Fsp3) is 0.840. The molecule has 222 valence electrons. The molecule has 0 aromatic rings. The number of carbonyl (C=O) groups is 2. The molecule has 0 spiro atoms. The Balaban J connectivity index is -0.00000216. The lowest BCUT2D eigenvalue weighted by atomic mass is 10.1. The van der Waals surface area contributed by atoms with Gasteiger partial charge in [0.25, 0.3) is 0 Å². The van der Waals surface area contributed by atoms with Crippen molar-refractivity contribution in [2.24, 2.45) is 0 Å². The second-order valence-electron chi connectivity index (χ2n) is 8.76. The van der Waals surface area contributed by atoms with Crippen LogP contribution in [0.2, 0.25) is 0 Å². The molecule has 0 atom stereocenters. The molecule has 0 saturated heterocycles. The maximum atomic E-state index is 11.8. The third kappa shape index (κ3) is 27.5. The summed E-state index contributed by atoms with van der Waals surface area (Å²) in [5.74, 6) is 5.99. The Hall–Kier alpha value is -1.36. The summed E-state index contributed by atoms with van der Waals surface area (Å²) in [5.41, 5.74) is 0. The summed E-state index contributed by atoms with van der Waals surface area (Å²) in [5, 5.41) is 8.51. The van der Waals surface area contributed by atoms with Crippen molar-refractivity contribution < 1.29 is 37.6 Å². The smallest absolute Gasteiger partial charge is 0.407 e. The highest BCUT2D eigenvalue weighted by Gasteiger charge is 2.19. The van der Waals surface area contributed by atoms with E-state index >= 15 is 0 Å². The summed E-state index contributed by atoms with van der Waals surface area (Å²) in [6.45, 7) is 15.0. The van der Waals surface area contributed by atoms with E-state index in [-0.39, 0.29) is 9.03 Å². The van der Waals surface area contributed by atoms with E-state index in [1.165, 1.54) is 0 Å². The van der Waals surface area contributed by atoms with E-state index in [4.69, 9.17) is 23.7 Å². The van der Waals surface area contributed by atoms with Gasteiger partial charge in [0, 0.05) is 34.8 Å². The summed E-state index contributed by atoms with van der Waals surface area (Å²) in [7, 11) is 3.33. The van der Waals surface area contributed by atoms with Gasteiger partial charge < -0.3 is 39.6 Å². The summed E-state index contributed by atoms with van der Waals surface area (Å²) in [6, 6.07) is 0.456. The van der Waals surface area contributed by atoms with Crippen LogP contribution in [0, 0.1) is 11.8 Å². The SMILES string of the molecule is CC#CCNC(=O)OCCCCOCSSC(C)(C)CCOC(=O)NCCOCCOCCNC(C)C.[HH].[HH].[HH]. The zero-order valence-electron chi connectivity index (χ0n) is 23.2. The van der Waals surface area contributed by atoms with Crippen LogP contribution in [0.15, 0.2) is 0 Å². The zero-order chi connectivity index (χ0) is 27.6. The van der Waals surface area contributed by atoms with Crippen LogP contribution >= 0.6 is 21.6 Å². The predicted molar refractivity (Wildman–Crippen MR) is 157 cm³/mol. The molecule has 0 unspecified atom stereocenters. The standard InChI is InChI=1S/C25H47N3O7S2.3H2/c1-6-7-11-27-23(29)34-15-9-8-14-33-21-36-37-25(4,5)10-16-35-24(30)28-13-18-32-20-19-31-17-12-26-22(2)3;;;/h22,26H,8-21H2,1-5H3,(H,27,29)(H,28,30);3*1H. The molecule has 3 N–H and O–H groups in total. The van der Waals surface area contributed by atoms with Crippen LogP contribution in [0.3, 0.4) is 0 Å². The van der Waals surface area contributed by atoms with Crippen LogP contribution < -0.4 is 16.0 Å². The highest BCUT2D eigenvalue weighted by atomic mass is 33.1. The number of rotatable bonds is 23. The predicted octanol–water partition coefficient (Wildman–Crippen LogP) is 4.54. The van der Waals surface area contributed by atoms with Crippen LogP contribution in [0.5, 0.6) is 0 Å². The summed E-state index contributed by atoms with van der Waals surface area (Å²) in [6.07, 6.45) is 1.39. The van der Waals surface area contributed by atoms with Gasteiger partial charge in [-0.1, -0.05) is 41.4 Å². The third-order valence-electron chi connectivity index (χ3n) is 4.45. The second-order valence-corrected chi connectivity index (χ2v) is 11.7. The Kier molecular flexibility index (Phi) is 24.0. The monoisotopic (exact) mass is 571 g/mol. The van der Waals surface area contributed by atoms with Gasteiger partial charge in [0.2, 0.25) is 0 Å². The fourth-order valence-electron chi connectivity index (χ4n) is 2.45. The quantitative estimate of drug-likeness (QED) is 0.0699. The van der Waals surface area contributed by atoms with Crippen LogP contribution in [-0.2, 0) is 23.7 Å². The minimum atomic E-state index is -0.448. The Bertz CT molecular complexity index is 659. The average Bonchev–Trinajstić information content (AvgIpc) is 2.84. The van der Waals surface area contributed by atoms with Gasteiger partial charge in [0.05, 0.1) is 46.2 Å². The Morgan fingerprint density at radius 1 is 0.865 bits per heavy atom.